The van der Waals surface area contributed by atoms with E-state index in [2.05, 4.69) is 33.3 Å². The van der Waals surface area contributed by atoms with E-state index in [9.17, 15) is 5.11 Å². The Morgan fingerprint density at radius 3 is 2.90 bits per heavy atom. The lowest BCUT2D eigenvalue weighted by Gasteiger charge is -2.35. The minimum atomic E-state index is -0.122. The van der Waals surface area contributed by atoms with E-state index >= 15 is 0 Å². The number of fused-ring (bicyclic) bond motifs is 1. The fourth-order valence-corrected chi connectivity index (χ4v) is 3.58. The first-order chi connectivity index (χ1) is 9.56. The molecule has 0 bridgehead atoms. The third-order valence-corrected chi connectivity index (χ3v) is 4.67. The molecule has 0 aliphatic heterocycles. The molecule has 2 aromatic rings. The van der Waals surface area contributed by atoms with Crippen molar-refractivity contribution in [3.63, 3.8) is 0 Å². The van der Waals surface area contributed by atoms with Crippen molar-refractivity contribution in [2.75, 3.05) is 23.9 Å². The molecule has 0 spiro atoms. The Morgan fingerprint density at radius 2 is 2.25 bits per heavy atom. The number of aromatic nitrogens is 2. The van der Waals surface area contributed by atoms with Gasteiger partial charge in [-0.05, 0) is 31.7 Å². The van der Waals surface area contributed by atoms with Crippen LogP contribution < -0.4 is 16.2 Å². The topological polar surface area (TPSA) is 87.3 Å². The number of aliphatic hydroxyl groups excluding tert-OH is 1. The monoisotopic (exact) mass is 293 g/mol. The van der Waals surface area contributed by atoms with Gasteiger partial charge in [-0.25, -0.2) is 10.8 Å². The molecule has 0 radical (unpaired) electrons. The summed E-state index contributed by atoms with van der Waals surface area (Å²) in [5.74, 6) is 7.32. The highest BCUT2D eigenvalue weighted by Crippen LogP contribution is 2.33. The van der Waals surface area contributed by atoms with Gasteiger partial charge in [0.2, 0.25) is 5.95 Å². The zero-order valence-corrected chi connectivity index (χ0v) is 12.4. The van der Waals surface area contributed by atoms with Gasteiger partial charge in [-0.1, -0.05) is 0 Å². The van der Waals surface area contributed by atoms with E-state index in [-0.39, 0.29) is 6.10 Å². The van der Waals surface area contributed by atoms with Crippen molar-refractivity contribution in [3.05, 3.63) is 10.9 Å². The van der Waals surface area contributed by atoms with Gasteiger partial charge in [-0.3, -0.25) is 5.43 Å². The SMILES string of the molecule is Cc1cc2c(N(C)CC3CC(O)C3)nc(NN)nc2s1. The van der Waals surface area contributed by atoms with E-state index in [0.717, 1.165) is 35.4 Å². The minimum absolute atomic E-state index is 0.122. The van der Waals surface area contributed by atoms with Crippen molar-refractivity contribution in [2.24, 2.45) is 11.8 Å². The lowest BCUT2D eigenvalue weighted by Crippen LogP contribution is -2.37. The number of nitrogens with zero attached hydrogens (tertiary/aromatic N) is 3. The Balaban J connectivity index is 1.91. The van der Waals surface area contributed by atoms with Crippen molar-refractivity contribution < 1.29 is 5.11 Å². The van der Waals surface area contributed by atoms with Crippen LogP contribution in [0.25, 0.3) is 10.2 Å². The summed E-state index contributed by atoms with van der Waals surface area (Å²) in [6.45, 7) is 2.95. The predicted octanol–water partition coefficient (Wildman–Crippen LogP) is 1.49. The number of rotatable bonds is 4. The normalized spacial score (nSPS) is 21.8. The molecular formula is C13H19N5OS. The molecule has 4 N–H and O–H groups in total. The molecule has 0 atom stereocenters. The van der Waals surface area contributed by atoms with Crippen LogP contribution >= 0.6 is 11.3 Å². The number of aryl methyl sites for hydroxylation is 1. The fraction of sp³-hybridized carbons (Fsp3) is 0.538. The van der Waals surface area contributed by atoms with Gasteiger partial charge in [0.25, 0.3) is 0 Å². The van der Waals surface area contributed by atoms with Gasteiger partial charge >= 0.3 is 0 Å². The summed E-state index contributed by atoms with van der Waals surface area (Å²) in [5, 5.41) is 10.5. The van der Waals surface area contributed by atoms with E-state index in [1.165, 1.54) is 4.88 Å². The second-order valence-corrected chi connectivity index (χ2v) is 6.70. The van der Waals surface area contributed by atoms with Gasteiger partial charge in [-0.15, -0.1) is 11.3 Å². The zero-order valence-electron chi connectivity index (χ0n) is 11.6. The van der Waals surface area contributed by atoms with Crippen LogP contribution in [0.2, 0.25) is 0 Å². The third kappa shape index (κ3) is 2.44. The molecule has 1 fully saturated rings. The number of hydrogen-bond donors (Lipinski definition) is 3. The second-order valence-electron chi connectivity index (χ2n) is 5.46. The highest BCUT2D eigenvalue weighted by Gasteiger charge is 2.28. The third-order valence-electron chi connectivity index (χ3n) is 3.73. The van der Waals surface area contributed by atoms with Crippen LogP contribution in [0.15, 0.2) is 6.07 Å². The van der Waals surface area contributed by atoms with E-state index in [4.69, 9.17) is 5.84 Å². The van der Waals surface area contributed by atoms with Crippen molar-refractivity contribution in [1.29, 1.82) is 0 Å². The molecule has 0 amide bonds. The van der Waals surface area contributed by atoms with E-state index in [0.29, 0.717) is 11.9 Å². The first kappa shape index (κ1) is 13.5. The summed E-state index contributed by atoms with van der Waals surface area (Å²) in [5.41, 5.74) is 2.53. The summed E-state index contributed by atoms with van der Waals surface area (Å²) in [6.07, 6.45) is 1.63. The average molecular weight is 293 g/mol. The Kier molecular flexibility index (Phi) is 3.49. The van der Waals surface area contributed by atoms with E-state index in [1.807, 2.05) is 7.05 Å². The lowest BCUT2D eigenvalue weighted by atomic mass is 9.82. The van der Waals surface area contributed by atoms with Gasteiger partial charge in [0.15, 0.2) is 0 Å². The molecule has 0 aromatic carbocycles. The zero-order chi connectivity index (χ0) is 14.3. The largest absolute Gasteiger partial charge is 0.393 e. The molecule has 2 heterocycles. The standard InChI is InChI=1S/C13H19N5OS/c1-7-3-10-11(15-13(17-14)16-12(10)20-7)18(2)6-8-4-9(19)5-8/h3,8-9,19H,4-6,14H2,1-2H3,(H,15,16,17). The first-order valence-corrected chi connectivity index (χ1v) is 7.52. The van der Waals surface area contributed by atoms with Gasteiger partial charge in [-0.2, -0.15) is 4.98 Å². The summed E-state index contributed by atoms with van der Waals surface area (Å²) < 4.78 is 0. The smallest absolute Gasteiger partial charge is 0.240 e. The Bertz CT molecular complexity index is 622. The first-order valence-electron chi connectivity index (χ1n) is 6.71. The summed E-state index contributed by atoms with van der Waals surface area (Å²) >= 11 is 1.64. The molecule has 20 heavy (non-hydrogen) atoms. The molecule has 6 nitrogen and oxygen atoms in total. The molecule has 0 saturated heterocycles. The predicted molar refractivity (Wildman–Crippen MR) is 82.0 cm³/mol. The van der Waals surface area contributed by atoms with Crippen LogP contribution in [0.3, 0.4) is 0 Å². The van der Waals surface area contributed by atoms with Crippen LogP contribution in [-0.4, -0.2) is 34.8 Å². The number of hydrogen-bond acceptors (Lipinski definition) is 7. The van der Waals surface area contributed by atoms with Crippen LogP contribution in [-0.2, 0) is 0 Å². The van der Waals surface area contributed by atoms with Gasteiger partial charge in [0.05, 0.1) is 11.5 Å². The highest BCUT2D eigenvalue weighted by molar-refractivity contribution is 7.18. The van der Waals surface area contributed by atoms with Gasteiger partial charge in [0.1, 0.15) is 10.6 Å². The maximum Gasteiger partial charge on any atom is 0.240 e. The number of nitrogen functional groups attached to an aromatic ring is 1. The molecule has 1 saturated carbocycles. The van der Waals surface area contributed by atoms with Crippen LogP contribution in [0.5, 0.6) is 0 Å². The number of nitrogens with two attached hydrogens (primary N) is 1. The van der Waals surface area contributed by atoms with Gasteiger partial charge in [0, 0.05) is 18.5 Å². The minimum Gasteiger partial charge on any atom is -0.393 e. The molecule has 3 rings (SSSR count). The Morgan fingerprint density at radius 1 is 1.50 bits per heavy atom. The van der Waals surface area contributed by atoms with Crippen LogP contribution in [0.4, 0.5) is 11.8 Å². The van der Waals surface area contributed by atoms with Crippen LogP contribution in [0.1, 0.15) is 17.7 Å². The molecule has 1 aliphatic carbocycles. The number of aliphatic hydroxyl groups is 1. The number of anilines is 2. The molecule has 0 unspecified atom stereocenters. The molecular weight excluding hydrogens is 274 g/mol. The maximum atomic E-state index is 9.39. The summed E-state index contributed by atoms with van der Waals surface area (Å²) in [6, 6.07) is 2.11. The van der Waals surface area contributed by atoms with Crippen molar-refractivity contribution in [3.8, 4) is 0 Å². The number of hydrazine groups is 1. The molecule has 7 heteroatoms. The molecule has 1 aliphatic rings. The maximum absolute atomic E-state index is 9.39. The number of thiophene rings is 1. The van der Waals surface area contributed by atoms with Crippen LogP contribution in [0, 0.1) is 12.8 Å². The van der Waals surface area contributed by atoms with Gasteiger partial charge < -0.3 is 10.0 Å². The number of nitrogens with one attached hydrogen (secondary N) is 1. The van der Waals surface area contributed by atoms with Crippen molar-refractivity contribution >= 4 is 33.3 Å². The molecule has 2 aromatic heterocycles. The highest BCUT2D eigenvalue weighted by atomic mass is 32.1. The van der Waals surface area contributed by atoms with Crippen molar-refractivity contribution in [1.82, 2.24) is 9.97 Å². The Labute approximate surface area is 121 Å². The summed E-state index contributed by atoms with van der Waals surface area (Å²) in [4.78, 5) is 13.2. The van der Waals surface area contributed by atoms with E-state index < -0.39 is 0 Å². The van der Waals surface area contributed by atoms with E-state index in [1.54, 1.807) is 11.3 Å². The fourth-order valence-electron chi connectivity index (χ4n) is 2.71. The summed E-state index contributed by atoms with van der Waals surface area (Å²) in [7, 11) is 2.03. The quantitative estimate of drug-likeness (QED) is 0.585. The molecule has 108 valence electrons. The average Bonchev–Trinajstić information content (AvgIpc) is 2.75. The Hall–Kier alpha value is -1.44. The van der Waals surface area contributed by atoms with Crippen molar-refractivity contribution in [2.45, 2.75) is 25.9 Å². The second kappa shape index (κ2) is 5.16. The lowest BCUT2D eigenvalue weighted by molar-refractivity contribution is 0.0464.